The van der Waals surface area contributed by atoms with Crippen LogP contribution in [0.25, 0.3) is 0 Å². The first kappa shape index (κ1) is 17.7. The zero-order valence-electron chi connectivity index (χ0n) is 15.2. The first-order valence-electron chi connectivity index (χ1n) is 9.60. The third-order valence-corrected chi connectivity index (χ3v) is 5.61. The van der Waals surface area contributed by atoms with Gasteiger partial charge in [-0.25, -0.2) is 0 Å². The summed E-state index contributed by atoms with van der Waals surface area (Å²) >= 11 is 0. The molecule has 0 radical (unpaired) electrons. The Labute approximate surface area is 157 Å². The number of nitrogens with zero attached hydrogens (tertiary/aromatic N) is 2. The van der Waals surface area contributed by atoms with Crippen LogP contribution in [0.3, 0.4) is 0 Å². The van der Waals surface area contributed by atoms with Gasteiger partial charge in [0.25, 0.3) is 0 Å². The monoisotopic (exact) mass is 368 g/mol. The number of aromatic nitrogens is 2. The zero-order valence-corrected chi connectivity index (χ0v) is 15.2. The van der Waals surface area contributed by atoms with Gasteiger partial charge in [0.15, 0.2) is 5.82 Å². The van der Waals surface area contributed by atoms with Crippen molar-refractivity contribution in [2.24, 2.45) is 0 Å². The van der Waals surface area contributed by atoms with Crippen molar-refractivity contribution in [2.45, 2.75) is 56.4 Å². The molecule has 2 aliphatic rings. The first-order chi connectivity index (χ1) is 13.2. The van der Waals surface area contributed by atoms with E-state index in [0.29, 0.717) is 31.1 Å². The highest BCUT2D eigenvalue weighted by Crippen LogP contribution is 2.37. The fraction of sp³-hybridized carbons (Fsp3) is 0.500. The van der Waals surface area contributed by atoms with E-state index < -0.39 is 5.41 Å². The van der Waals surface area contributed by atoms with E-state index in [2.05, 4.69) is 20.8 Å². The SMILES string of the molecule is O=C1CCC(c2ccccc2)(c2nc(CC(=O)NC3CCCC3)no2)CN1. The molecule has 2 heterocycles. The van der Waals surface area contributed by atoms with Crippen LogP contribution in [0.15, 0.2) is 34.9 Å². The molecule has 1 saturated heterocycles. The highest BCUT2D eigenvalue weighted by atomic mass is 16.5. The molecule has 7 heteroatoms. The normalized spacial score (nSPS) is 23.2. The Kier molecular flexibility index (Phi) is 4.92. The minimum atomic E-state index is -0.553. The molecule has 27 heavy (non-hydrogen) atoms. The van der Waals surface area contributed by atoms with Gasteiger partial charge in [-0.2, -0.15) is 4.98 Å². The molecule has 1 saturated carbocycles. The van der Waals surface area contributed by atoms with E-state index in [1.165, 1.54) is 12.8 Å². The summed E-state index contributed by atoms with van der Waals surface area (Å²) in [5.74, 6) is 0.794. The number of benzene rings is 1. The summed E-state index contributed by atoms with van der Waals surface area (Å²) in [6.07, 6.45) is 5.52. The van der Waals surface area contributed by atoms with E-state index in [4.69, 9.17) is 4.52 Å². The molecule has 4 rings (SSSR count). The standard InChI is InChI=1S/C20H24N4O3/c25-17-10-11-20(13-21-17,14-6-2-1-3-7-14)19-23-16(24-27-19)12-18(26)22-15-8-4-5-9-15/h1-3,6-7,15H,4-5,8-13H2,(H,21,25)(H,22,26). The van der Waals surface area contributed by atoms with Crippen LogP contribution in [0.1, 0.15) is 55.8 Å². The topological polar surface area (TPSA) is 97.1 Å². The predicted molar refractivity (Wildman–Crippen MR) is 97.9 cm³/mol. The highest BCUT2D eigenvalue weighted by molar-refractivity contribution is 5.78. The molecule has 1 aromatic heterocycles. The van der Waals surface area contributed by atoms with Gasteiger partial charge in [0, 0.05) is 19.0 Å². The van der Waals surface area contributed by atoms with Crippen LogP contribution >= 0.6 is 0 Å². The average molecular weight is 368 g/mol. The summed E-state index contributed by atoms with van der Waals surface area (Å²) in [7, 11) is 0. The second kappa shape index (κ2) is 7.50. The molecule has 0 spiro atoms. The Hall–Kier alpha value is -2.70. The average Bonchev–Trinajstić information content (AvgIpc) is 3.36. The van der Waals surface area contributed by atoms with Gasteiger partial charge in [0.05, 0.1) is 11.8 Å². The number of rotatable bonds is 5. The largest absolute Gasteiger partial charge is 0.355 e. The minimum absolute atomic E-state index is 0.0252. The molecule has 2 fully saturated rings. The van der Waals surface area contributed by atoms with Crippen LogP contribution in [0.4, 0.5) is 0 Å². The van der Waals surface area contributed by atoms with Gasteiger partial charge in [0.2, 0.25) is 17.7 Å². The van der Waals surface area contributed by atoms with Crippen LogP contribution in [0.5, 0.6) is 0 Å². The Bertz CT molecular complexity index is 802. The molecule has 2 amide bonds. The molecule has 1 aliphatic carbocycles. The molecule has 142 valence electrons. The van der Waals surface area contributed by atoms with Crippen LogP contribution in [0.2, 0.25) is 0 Å². The Morgan fingerprint density at radius 1 is 1.26 bits per heavy atom. The second-order valence-electron chi connectivity index (χ2n) is 7.47. The lowest BCUT2D eigenvalue weighted by Crippen LogP contribution is -2.47. The van der Waals surface area contributed by atoms with E-state index in [0.717, 1.165) is 18.4 Å². The molecule has 7 nitrogen and oxygen atoms in total. The first-order valence-corrected chi connectivity index (χ1v) is 9.60. The number of hydrogen-bond acceptors (Lipinski definition) is 5. The summed E-state index contributed by atoms with van der Waals surface area (Å²) in [5, 5.41) is 10.0. The van der Waals surface area contributed by atoms with E-state index in [9.17, 15) is 9.59 Å². The molecule has 2 aromatic rings. The number of carbonyl (C=O) groups is 2. The zero-order chi connectivity index (χ0) is 18.7. The molecule has 1 aromatic carbocycles. The number of hydrogen-bond donors (Lipinski definition) is 2. The van der Waals surface area contributed by atoms with Gasteiger partial charge in [-0.3, -0.25) is 9.59 Å². The Morgan fingerprint density at radius 3 is 2.74 bits per heavy atom. The van der Waals surface area contributed by atoms with E-state index in [-0.39, 0.29) is 24.3 Å². The molecule has 1 atom stereocenters. The molecule has 2 N–H and O–H groups in total. The van der Waals surface area contributed by atoms with Crippen molar-refractivity contribution in [3.05, 3.63) is 47.6 Å². The number of carbonyl (C=O) groups excluding carboxylic acids is 2. The lowest BCUT2D eigenvalue weighted by atomic mass is 9.74. The molecular weight excluding hydrogens is 344 g/mol. The summed E-state index contributed by atoms with van der Waals surface area (Å²) in [5.41, 5.74) is 0.470. The Morgan fingerprint density at radius 2 is 2.04 bits per heavy atom. The van der Waals surface area contributed by atoms with Gasteiger partial charge < -0.3 is 15.2 Å². The smallest absolute Gasteiger partial charge is 0.239 e. The van der Waals surface area contributed by atoms with Crippen LogP contribution in [-0.4, -0.2) is 34.5 Å². The van der Waals surface area contributed by atoms with Crippen molar-refractivity contribution in [2.75, 3.05) is 6.54 Å². The summed E-state index contributed by atoms with van der Waals surface area (Å²) in [4.78, 5) is 28.5. The number of nitrogens with one attached hydrogen (secondary N) is 2. The van der Waals surface area contributed by atoms with Gasteiger partial charge >= 0.3 is 0 Å². The second-order valence-corrected chi connectivity index (χ2v) is 7.47. The van der Waals surface area contributed by atoms with Crippen LogP contribution in [-0.2, 0) is 21.4 Å². The van der Waals surface area contributed by atoms with E-state index >= 15 is 0 Å². The molecule has 1 aliphatic heterocycles. The van der Waals surface area contributed by atoms with Crippen molar-refractivity contribution in [1.29, 1.82) is 0 Å². The third-order valence-electron chi connectivity index (χ3n) is 5.61. The lowest BCUT2D eigenvalue weighted by molar-refractivity contribution is -0.123. The van der Waals surface area contributed by atoms with Gasteiger partial charge in [-0.15, -0.1) is 0 Å². The number of piperidine rings is 1. The summed E-state index contributed by atoms with van der Waals surface area (Å²) in [6.45, 7) is 0.408. The summed E-state index contributed by atoms with van der Waals surface area (Å²) in [6, 6.07) is 10.2. The van der Waals surface area contributed by atoms with Crippen molar-refractivity contribution < 1.29 is 14.1 Å². The predicted octanol–water partition coefficient (Wildman–Crippen LogP) is 1.87. The third kappa shape index (κ3) is 3.72. The minimum Gasteiger partial charge on any atom is -0.355 e. The van der Waals surface area contributed by atoms with E-state index in [1.807, 2.05) is 30.3 Å². The summed E-state index contributed by atoms with van der Waals surface area (Å²) < 4.78 is 5.58. The fourth-order valence-corrected chi connectivity index (χ4v) is 4.08. The van der Waals surface area contributed by atoms with Crippen molar-refractivity contribution in [3.63, 3.8) is 0 Å². The lowest BCUT2D eigenvalue weighted by Gasteiger charge is -2.34. The van der Waals surface area contributed by atoms with E-state index in [1.54, 1.807) is 0 Å². The molecule has 0 bridgehead atoms. The maximum Gasteiger partial charge on any atom is 0.239 e. The Balaban J connectivity index is 1.53. The number of amides is 2. The van der Waals surface area contributed by atoms with Crippen molar-refractivity contribution >= 4 is 11.8 Å². The van der Waals surface area contributed by atoms with Gasteiger partial charge in [-0.1, -0.05) is 48.3 Å². The van der Waals surface area contributed by atoms with Crippen molar-refractivity contribution in [1.82, 2.24) is 20.8 Å². The van der Waals surface area contributed by atoms with Gasteiger partial charge in [0.1, 0.15) is 0 Å². The maximum atomic E-state index is 12.3. The van der Waals surface area contributed by atoms with Crippen LogP contribution < -0.4 is 10.6 Å². The highest BCUT2D eigenvalue weighted by Gasteiger charge is 2.43. The molecule has 1 unspecified atom stereocenters. The van der Waals surface area contributed by atoms with Crippen molar-refractivity contribution in [3.8, 4) is 0 Å². The maximum absolute atomic E-state index is 12.3. The molecular formula is C20H24N4O3. The van der Waals surface area contributed by atoms with Crippen LogP contribution in [0, 0.1) is 0 Å². The fourth-order valence-electron chi connectivity index (χ4n) is 4.08. The van der Waals surface area contributed by atoms with Gasteiger partial charge in [-0.05, 0) is 24.8 Å². The quantitative estimate of drug-likeness (QED) is 0.840.